The fourth-order valence-corrected chi connectivity index (χ4v) is 3.93. The van der Waals surface area contributed by atoms with Gasteiger partial charge in [-0.3, -0.25) is 14.2 Å². The van der Waals surface area contributed by atoms with Crippen LogP contribution < -0.4 is 5.56 Å². The molecule has 112 valence electrons. The first-order valence-electron chi connectivity index (χ1n) is 7.49. The maximum Gasteiger partial charge on any atom is 0.255 e. The van der Waals surface area contributed by atoms with Crippen LogP contribution in [-0.2, 0) is 19.3 Å². The first kappa shape index (κ1) is 13.6. The molecule has 0 aliphatic heterocycles. The highest BCUT2D eigenvalue weighted by Crippen LogP contribution is 2.24. The number of rotatable bonds is 4. The van der Waals surface area contributed by atoms with Crippen molar-refractivity contribution in [2.45, 2.75) is 30.8 Å². The minimum Gasteiger partial charge on any atom is -0.290 e. The van der Waals surface area contributed by atoms with Crippen LogP contribution in [0.4, 0.5) is 0 Å². The molecule has 1 aromatic carbocycles. The Hall–Kier alpha value is -2.08. The standard InChI is InChI=1S/C16H16N4OS/c21-14-12-7-4-8-13(12)20-15(17-14)18-19-16(20)22-10-9-11-5-2-1-3-6-11/h1-3,5-6H,4,7-10H2,(H,17,18,21). The number of benzene rings is 1. The average molecular weight is 312 g/mol. The molecule has 3 aromatic rings. The molecule has 0 spiro atoms. The zero-order valence-corrected chi connectivity index (χ0v) is 12.9. The predicted octanol–water partition coefficient (Wildman–Crippen LogP) is 2.24. The molecular formula is C16H16N4OS. The molecule has 0 saturated heterocycles. The molecule has 2 aromatic heterocycles. The van der Waals surface area contributed by atoms with Gasteiger partial charge in [0.2, 0.25) is 5.78 Å². The second kappa shape index (κ2) is 5.61. The number of hydrogen-bond acceptors (Lipinski definition) is 4. The number of thioether (sulfide) groups is 1. The molecule has 6 heteroatoms. The van der Waals surface area contributed by atoms with Gasteiger partial charge < -0.3 is 0 Å². The summed E-state index contributed by atoms with van der Waals surface area (Å²) in [5.74, 6) is 1.51. The maximum atomic E-state index is 12.0. The summed E-state index contributed by atoms with van der Waals surface area (Å²) in [6.07, 6.45) is 3.81. The summed E-state index contributed by atoms with van der Waals surface area (Å²) in [5, 5.41) is 9.25. The van der Waals surface area contributed by atoms with Crippen molar-refractivity contribution in [3.8, 4) is 0 Å². The van der Waals surface area contributed by atoms with Gasteiger partial charge in [0.1, 0.15) is 0 Å². The molecule has 0 atom stereocenters. The lowest BCUT2D eigenvalue weighted by Gasteiger charge is -2.05. The number of aromatic amines is 1. The van der Waals surface area contributed by atoms with Crippen LogP contribution in [0.15, 0.2) is 40.3 Å². The van der Waals surface area contributed by atoms with Gasteiger partial charge in [0.05, 0.1) is 0 Å². The van der Waals surface area contributed by atoms with E-state index >= 15 is 0 Å². The van der Waals surface area contributed by atoms with E-state index in [-0.39, 0.29) is 5.56 Å². The van der Waals surface area contributed by atoms with Gasteiger partial charge in [-0.05, 0) is 31.2 Å². The third-order valence-corrected chi connectivity index (χ3v) is 4.99. The highest BCUT2D eigenvalue weighted by Gasteiger charge is 2.21. The van der Waals surface area contributed by atoms with Crippen molar-refractivity contribution in [2.24, 2.45) is 0 Å². The molecule has 5 nitrogen and oxygen atoms in total. The van der Waals surface area contributed by atoms with E-state index < -0.39 is 0 Å². The largest absolute Gasteiger partial charge is 0.290 e. The third kappa shape index (κ3) is 2.33. The number of H-pyrrole nitrogens is 1. The molecule has 0 amide bonds. The zero-order chi connectivity index (χ0) is 14.9. The summed E-state index contributed by atoms with van der Waals surface area (Å²) < 4.78 is 2.03. The summed E-state index contributed by atoms with van der Waals surface area (Å²) in [5.41, 5.74) is 3.30. The number of aromatic nitrogens is 4. The van der Waals surface area contributed by atoms with Crippen molar-refractivity contribution in [1.82, 2.24) is 19.6 Å². The number of nitrogens with zero attached hydrogens (tertiary/aromatic N) is 3. The summed E-state index contributed by atoms with van der Waals surface area (Å²) >= 11 is 1.69. The second-order valence-electron chi connectivity index (χ2n) is 5.46. The van der Waals surface area contributed by atoms with E-state index in [1.54, 1.807) is 11.8 Å². The van der Waals surface area contributed by atoms with Crippen LogP contribution >= 0.6 is 11.8 Å². The van der Waals surface area contributed by atoms with E-state index in [2.05, 4.69) is 39.4 Å². The lowest BCUT2D eigenvalue weighted by Crippen LogP contribution is -2.16. The Bertz CT molecular complexity index is 869. The Balaban J connectivity index is 1.60. The van der Waals surface area contributed by atoms with E-state index in [9.17, 15) is 4.79 Å². The lowest BCUT2D eigenvalue weighted by atomic mass is 10.2. The molecule has 1 aliphatic carbocycles. The zero-order valence-electron chi connectivity index (χ0n) is 12.1. The summed E-state index contributed by atoms with van der Waals surface area (Å²) in [6.45, 7) is 0. The van der Waals surface area contributed by atoms with E-state index in [0.717, 1.165) is 47.8 Å². The van der Waals surface area contributed by atoms with Crippen molar-refractivity contribution in [2.75, 3.05) is 5.75 Å². The highest BCUT2D eigenvalue weighted by molar-refractivity contribution is 7.99. The number of hydrogen-bond donors (Lipinski definition) is 1. The van der Waals surface area contributed by atoms with Gasteiger partial charge in [0, 0.05) is 17.0 Å². The molecule has 0 unspecified atom stereocenters. The fourth-order valence-electron chi connectivity index (χ4n) is 2.99. The number of fused-ring (bicyclic) bond motifs is 3. The summed E-state index contributed by atoms with van der Waals surface area (Å²) in [6, 6.07) is 10.4. The normalized spacial score (nSPS) is 13.6. The number of aryl methyl sites for hydroxylation is 2. The van der Waals surface area contributed by atoms with Gasteiger partial charge >= 0.3 is 0 Å². The van der Waals surface area contributed by atoms with E-state index in [4.69, 9.17) is 0 Å². The Morgan fingerprint density at radius 1 is 1.18 bits per heavy atom. The van der Waals surface area contributed by atoms with Crippen molar-refractivity contribution < 1.29 is 0 Å². The molecule has 1 aliphatic rings. The Labute approximate surface area is 131 Å². The van der Waals surface area contributed by atoms with Crippen LogP contribution in [-0.4, -0.2) is 25.3 Å². The summed E-state index contributed by atoms with van der Waals surface area (Å²) in [7, 11) is 0. The van der Waals surface area contributed by atoms with Gasteiger partial charge in [0.25, 0.3) is 5.56 Å². The molecule has 0 fully saturated rings. The first-order valence-corrected chi connectivity index (χ1v) is 8.47. The molecule has 1 N–H and O–H groups in total. The smallest absolute Gasteiger partial charge is 0.255 e. The molecule has 0 radical (unpaired) electrons. The average Bonchev–Trinajstić information content (AvgIpc) is 3.15. The molecule has 0 saturated carbocycles. The van der Waals surface area contributed by atoms with Crippen LogP contribution in [0, 0.1) is 0 Å². The Morgan fingerprint density at radius 2 is 2.05 bits per heavy atom. The molecule has 4 rings (SSSR count). The molecular weight excluding hydrogens is 296 g/mol. The van der Waals surface area contributed by atoms with Crippen LogP contribution in [0.1, 0.15) is 23.2 Å². The third-order valence-electron chi connectivity index (χ3n) is 4.06. The molecule has 22 heavy (non-hydrogen) atoms. The monoisotopic (exact) mass is 312 g/mol. The van der Waals surface area contributed by atoms with Gasteiger partial charge in [-0.15, -0.1) is 10.2 Å². The van der Waals surface area contributed by atoms with Gasteiger partial charge in [-0.1, -0.05) is 42.1 Å². The van der Waals surface area contributed by atoms with E-state index in [1.165, 1.54) is 5.56 Å². The van der Waals surface area contributed by atoms with Crippen LogP contribution in [0.25, 0.3) is 5.78 Å². The SMILES string of the molecule is O=c1[nH]c2nnc(SCCc3ccccc3)n2c2c1CCC2. The molecule has 0 bridgehead atoms. The van der Waals surface area contributed by atoms with Crippen LogP contribution in [0.5, 0.6) is 0 Å². The van der Waals surface area contributed by atoms with Crippen molar-refractivity contribution in [1.29, 1.82) is 0 Å². The summed E-state index contributed by atoms with van der Waals surface area (Å²) in [4.78, 5) is 14.8. The van der Waals surface area contributed by atoms with Crippen molar-refractivity contribution in [3.05, 3.63) is 57.5 Å². The maximum absolute atomic E-state index is 12.0. The Kier molecular flexibility index (Phi) is 3.46. The highest BCUT2D eigenvalue weighted by atomic mass is 32.2. The van der Waals surface area contributed by atoms with Crippen LogP contribution in [0.3, 0.4) is 0 Å². The van der Waals surface area contributed by atoms with E-state index in [0.29, 0.717) is 5.78 Å². The van der Waals surface area contributed by atoms with Crippen molar-refractivity contribution in [3.63, 3.8) is 0 Å². The van der Waals surface area contributed by atoms with Gasteiger partial charge in [-0.2, -0.15) is 0 Å². The topological polar surface area (TPSA) is 63.0 Å². The Morgan fingerprint density at radius 3 is 2.91 bits per heavy atom. The second-order valence-corrected chi connectivity index (χ2v) is 6.52. The fraction of sp³-hybridized carbons (Fsp3) is 0.312. The van der Waals surface area contributed by atoms with Crippen molar-refractivity contribution >= 4 is 17.5 Å². The quantitative estimate of drug-likeness (QED) is 0.751. The van der Waals surface area contributed by atoms with Gasteiger partial charge in [-0.25, -0.2) is 0 Å². The van der Waals surface area contributed by atoms with Gasteiger partial charge in [0.15, 0.2) is 5.16 Å². The van der Waals surface area contributed by atoms with E-state index in [1.807, 2.05) is 10.5 Å². The minimum atomic E-state index is -0.00626. The van der Waals surface area contributed by atoms with Crippen LogP contribution in [0.2, 0.25) is 0 Å². The first-order chi connectivity index (χ1) is 10.8. The predicted molar refractivity (Wildman–Crippen MR) is 86.5 cm³/mol. The lowest BCUT2D eigenvalue weighted by molar-refractivity contribution is 0.839. The number of nitrogens with one attached hydrogen (secondary N) is 1. The minimum absolute atomic E-state index is 0.00626. The molecule has 2 heterocycles.